The highest BCUT2D eigenvalue weighted by Crippen LogP contribution is 2.08. The van der Waals surface area contributed by atoms with Gasteiger partial charge in [0.1, 0.15) is 11.5 Å². The van der Waals surface area contributed by atoms with Gasteiger partial charge < -0.3 is 9.52 Å². The van der Waals surface area contributed by atoms with Gasteiger partial charge in [0.05, 0.1) is 6.10 Å². The number of hydrogen-bond donors (Lipinski definition) is 1. The van der Waals surface area contributed by atoms with E-state index in [1.54, 1.807) is 6.92 Å². The van der Waals surface area contributed by atoms with Crippen molar-refractivity contribution in [2.24, 2.45) is 0 Å². The number of aliphatic hydroxyl groups excluding tert-OH is 1. The van der Waals surface area contributed by atoms with E-state index in [0.29, 0.717) is 6.42 Å². The minimum Gasteiger partial charge on any atom is -0.466 e. The summed E-state index contributed by atoms with van der Waals surface area (Å²) in [7, 11) is 0. The van der Waals surface area contributed by atoms with Crippen molar-refractivity contribution in [3.8, 4) is 0 Å². The molecule has 0 saturated carbocycles. The Morgan fingerprint density at radius 3 is 2.70 bits per heavy atom. The van der Waals surface area contributed by atoms with Gasteiger partial charge in [-0.15, -0.1) is 0 Å². The molecule has 0 aliphatic heterocycles. The molecule has 0 fully saturated rings. The molecule has 0 aliphatic rings. The Labute approximate surface area is 60.5 Å². The van der Waals surface area contributed by atoms with Gasteiger partial charge >= 0.3 is 0 Å². The maximum atomic E-state index is 8.96. The lowest BCUT2D eigenvalue weighted by Crippen LogP contribution is -2.02. The molecule has 0 radical (unpaired) electrons. The van der Waals surface area contributed by atoms with E-state index in [-0.39, 0.29) is 6.10 Å². The third-order valence-corrected chi connectivity index (χ3v) is 1.29. The lowest BCUT2D eigenvalue weighted by Gasteiger charge is -1.98. The summed E-state index contributed by atoms with van der Waals surface area (Å²) >= 11 is 0. The van der Waals surface area contributed by atoms with Crippen LogP contribution in [-0.4, -0.2) is 11.2 Å². The van der Waals surface area contributed by atoms with Crippen molar-refractivity contribution >= 4 is 0 Å². The summed E-state index contributed by atoms with van der Waals surface area (Å²) < 4.78 is 5.23. The fraction of sp³-hybridized carbons (Fsp3) is 0.500. The fourth-order valence-electron chi connectivity index (χ4n) is 0.886. The SMILES string of the molecule is Cc1ccc(CC(C)O)o1. The van der Waals surface area contributed by atoms with Gasteiger partial charge in [0, 0.05) is 6.42 Å². The Morgan fingerprint density at radius 1 is 1.60 bits per heavy atom. The summed E-state index contributed by atoms with van der Waals surface area (Å²) in [6.07, 6.45) is 0.291. The van der Waals surface area contributed by atoms with Gasteiger partial charge in [0.2, 0.25) is 0 Å². The molecule has 2 nitrogen and oxygen atoms in total. The zero-order valence-electron chi connectivity index (χ0n) is 6.29. The van der Waals surface area contributed by atoms with E-state index < -0.39 is 0 Å². The van der Waals surface area contributed by atoms with Crippen molar-refractivity contribution in [1.29, 1.82) is 0 Å². The fourth-order valence-corrected chi connectivity index (χ4v) is 0.886. The topological polar surface area (TPSA) is 33.4 Å². The number of aliphatic hydroxyl groups is 1. The van der Waals surface area contributed by atoms with Crippen LogP contribution in [0.4, 0.5) is 0 Å². The summed E-state index contributed by atoms with van der Waals surface area (Å²) in [6, 6.07) is 3.79. The molecule has 1 atom stereocenters. The molecule has 0 aromatic carbocycles. The van der Waals surface area contributed by atoms with Crippen LogP contribution in [0.5, 0.6) is 0 Å². The van der Waals surface area contributed by atoms with Crippen LogP contribution in [0.1, 0.15) is 18.4 Å². The standard InChI is InChI=1S/C8H12O2/c1-6(9)5-8-4-3-7(2)10-8/h3-4,6,9H,5H2,1-2H3. The van der Waals surface area contributed by atoms with E-state index in [1.165, 1.54) is 0 Å². The highest BCUT2D eigenvalue weighted by atomic mass is 16.3. The van der Waals surface area contributed by atoms with E-state index >= 15 is 0 Å². The predicted molar refractivity (Wildman–Crippen MR) is 38.8 cm³/mol. The van der Waals surface area contributed by atoms with E-state index in [0.717, 1.165) is 11.5 Å². The minimum atomic E-state index is -0.314. The van der Waals surface area contributed by atoms with Crippen LogP contribution in [0.15, 0.2) is 16.5 Å². The van der Waals surface area contributed by atoms with E-state index in [4.69, 9.17) is 9.52 Å². The van der Waals surface area contributed by atoms with Crippen LogP contribution in [-0.2, 0) is 6.42 Å². The molecular weight excluding hydrogens is 128 g/mol. The van der Waals surface area contributed by atoms with E-state index in [2.05, 4.69) is 0 Å². The summed E-state index contributed by atoms with van der Waals surface area (Å²) in [4.78, 5) is 0. The predicted octanol–water partition coefficient (Wildman–Crippen LogP) is 1.51. The third-order valence-electron chi connectivity index (χ3n) is 1.29. The summed E-state index contributed by atoms with van der Waals surface area (Å²) in [5.41, 5.74) is 0. The Kier molecular flexibility index (Phi) is 2.12. The molecule has 1 N–H and O–H groups in total. The summed E-state index contributed by atoms with van der Waals surface area (Å²) in [6.45, 7) is 3.64. The Balaban J connectivity index is 2.58. The van der Waals surface area contributed by atoms with Gasteiger partial charge in [0.25, 0.3) is 0 Å². The Morgan fingerprint density at radius 2 is 2.30 bits per heavy atom. The molecule has 1 heterocycles. The van der Waals surface area contributed by atoms with Gasteiger partial charge in [-0.2, -0.15) is 0 Å². The second-order valence-electron chi connectivity index (χ2n) is 2.57. The highest BCUT2D eigenvalue weighted by Gasteiger charge is 2.01. The van der Waals surface area contributed by atoms with Crippen molar-refractivity contribution in [2.75, 3.05) is 0 Å². The molecule has 0 amide bonds. The van der Waals surface area contributed by atoms with Crippen molar-refractivity contribution in [1.82, 2.24) is 0 Å². The first kappa shape index (κ1) is 7.35. The first-order valence-corrected chi connectivity index (χ1v) is 3.42. The zero-order valence-corrected chi connectivity index (χ0v) is 6.29. The van der Waals surface area contributed by atoms with E-state index in [9.17, 15) is 0 Å². The average Bonchev–Trinajstić information content (AvgIpc) is 2.13. The van der Waals surface area contributed by atoms with Crippen LogP contribution < -0.4 is 0 Å². The molecule has 1 aromatic heterocycles. The monoisotopic (exact) mass is 140 g/mol. The maximum Gasteiger partial charge on any atom is 0.106 e. The molecule has 1 aromatic rings. The van der Waals surface area contributed by atoms with E-state index in [1.807, 2.05) is 19.1 Å². The van der Waals surface area contributed by atoms with Crippen LogP contribution in [0, 0.1) is 6.92 Å². The number of rotatable bonds is 2. The van der Waals surface area contributed by atoms with Crippen LogP contribution >= 0.6 is 0 Å². The molecule has 2 heteroatoms. The lowest BCUT2D eigenvalue weighted by atomic mass is 10.2. The smallest absolute Gasteiger partial charge is 0.106 e. The number of furan rings is 1. The van der Waals surface area contributed by atoms with Crippen molar-refractivity contribution in [2.45, 2.75) is 26.4 Å². The van der Waals surface area contributed by atoms with Crippen LogP contribution in [0.25, 0.3) is 0 Å². The first-order valence-electron chi connectivity index (χ1n) is 3.42. The summed E-state index contributed by atoms with van der Waals surface area (Å²) in [5.74, 6) is 1.75. The average molecular weight is 140 g/mol. The van der Waals surface area contributed by atoms with Gasteiger partial charge in [-0.3, -0.25) is 0 Å². The molecule has 1 rings (SSSR count). The van der Waals surface area contributed by atoms with Crippen molar-refractivity contribution in [3.05, 3.63) is 23.7 Å². The maximum absolute atomic E-state index is 8.96. The normalized spacial score (nSPS) is 13.5. The first-order chi connectivity index (χ1) is 4.68. The quantitative estimate of drug-likeness (QED) is 0.675. The van der Waals surface area contributed by atoms with Gasteiger partial charge in [0.15, 0.2) is 0 Å². The molecule has 0 saturated heterocycles. The molecule has 56 valence electrons. The molecular formula is C8H12O2. The van der Waals surface area contributed by atoms with Gasteiger partial charge in [-0.05, 0) is 26.0 Å². The second kappa shape index (κ2) is 2.88. The molecule has 10 heavy (non-hydrogen) atoms. The Bertz CT molecular complexity index is 201. The largest absolute Gasteiger partial charge is 0.466 e. The molecule has 0 bridgehead atoms. The van der Waals surface area contributed by atoms with Crippen LogP contribution in [0.2, 0.25) is 0 Å². The van der Waals surface area contributed by atoms with Crippen molar-refractivity contribution in [3.63, 3.8) is 0 Å². The zero-order chi connectivity index (χ0) is 7.56. The summed E-state index contributed by atoms with van der Waals surface area (Å²) in [5, 5.41) is 8.96. The second-order valence-corrected chi connectivity index (χ2v) is 2.57. The lowest BCUT2D eigenvalue weighted by molar-refractivity contribution is 0.187. The van der Waals surface area contributed by atoms with Gasteiger partial charge in [-0.25, -0.2) is 0 Å². The molecule has 0 spiro atoms. The minimum absolute atomic E-state index is 0.314. The van der Waals surface area contributed by atoms with Crippen molar-refractivity contribution < 1.29 is 9.52 Å². The Hall–Kier alpha value is -0.760. The number of hydrogen-bond acceptors (Lipinski definition) is 2. The highest BCUT2D eigenvalue weighted by molar-refractivity contribution is 5.05. The van der Waals surface area contributed by atoms with Crippen LogP contribution in [0.3, 0.4) is 0 Å². The molecule has 1 unspecified atom stereocenters. The number of aryl methyl sites for hydroxylation is 1. The molecule has 0 aliphatic carbocycles. The van der Waals surface area contributed by atoms with Gasteiger partial charge in [-0.1, -0.05) is 0 Å². The third kappa shape index (κ3) is 1.88.